The van der Waals surface area contributed by atoms with E-state index in [9.17, 15) is 8.78 Å². The van der Waals surface area contributed by atoms with Crippen molar-refractivity contribution in [2.24, 2.45) is 0 Å². The summed E-state index contributed by atoms with van der Waals surface area (Å²) in [6.45, 7) is 0. The van der Waals surface area contributed by atoms with Gasteiger partial charge >= 0.3 is 0 Å². The van der Waals surface area contributed by atoms with Gasteiger partial charge in [0, 0.05) is 27.7 Å². The van der Waals surface area contributed by atoms with Gasteiger partial charge in [-0.3, -0.25) is 0 Å². The Hall–Kier alpha value is -0.840. The molecule has 0 bridgehead atoms. The van der Waals surface area contributed by atoms with Gasteiger partial charge in [-0.05, 0) is 17.7 Å². The Morgan fingerprint density at radius 2 is 1.70 bits per heavy atom. The first-order chi connectivity index (χ1) is 9.43. The molecule has 0 heterocycles. The Labute approximate surface area is 133 Å². The number of methoxy groups -OCH3 is 1. The first-order valence-corrected chi connectivity index (χ1v) is 7.23. The monoisotopic (exact) mass is 380 g/mol. The summed E-state index contributed by atoms with van der Waals surface area (Å²) >= 11 is 15.1. The average Bonchev–Trinajstić information content (AvgIpc) is 2.37. The smallest absolute Gasteiger partial charge is 0.134 e. The second kappa shape index (κ2) is 6.29. The molecule has 0 amide bonds. The summed E-state index contributed by atoms with van der Waals surface area (Å²) in [7, 11) is 1.34. The van der Waals surface area contributed by atoms with Crippen molar-refractivity contribution in [1.29, 1.82) is 0 Å². The number of ether oxygens (including phenoxy) is 1. The number of benzene rings is 2. The molecule has 0 aliphatic heterocycles. The molecular weight excluding hydrogens is 373 g/mol. The second-order valence-corrected chi connectivity index (χ2v) is 5.79. The van der Waals surface area contributed by atoms with Gasteiger partial charge in [0.05, 0.1) is 11.9 Å². The zero-order chi connectivity index (χ0) is 14.9. The molecule has 0 N–H and O–H groups in total. The number of hydrogen-bond acceptors (Lipinski definition) is 1. The molecule has 0 saturated carbocycles. The summed E-state index contributed by atoms with van der Waals surface area (Å²) in [4.78, 5) is -0.724. The van der Waals surface area contributed by atoms with Gasteiger partial charge in [-0.2, -0.15) is 0 Å². The lowest BCUT2D eigenvalue weighted by Gasteiger charge is -2.15. The predicted molar refractivity (Wildman–Crippen MR) is 80.1 cm³/mol. The summed E-state index contributed by atoms with van der Waals surface area (Å²) in [5.74, 6) is -1.31. The van der Waals surface area contributed by atoms with Gasteiger partial charge in [-0.15, -0.1) is 0 Å². The minimum atomic E-state index is -0.724. The molecule has 1 unspecified atom stereocenters. The molecule has 6 heteroatoms. The van der Waals surface area contributed by atoms with Crippen molar-refractivity contribution in [3.63, 3.8) is 0 Å². The molecule has 0 spiro atoms. The van der Waals surface area contributed by atoms with Gasteiger partial charge in [0.15, 0.2) is 0 Å². The Morgan fingerprint density at radius 3 is 2.20 bits per heavy atom. The van der Waals surface area contributed by atoms with Crippen LogP contribution in [0.15, 0.2) is 30.3 Å². The molecule has 1 atom stereocenters. The van der Waals surface area contributed by atoms with Crippen LogP contribution in [0.4, 0.5) is 8.78 Å². The van der Waals surface area contributed by atoms with Crippen LogP contribution in [0.2, 0.25) is 10.0 Å². The van der Waals surface area contributed by atoms with Crippen LogP contribution in [0.5, 0.6) is 5.75 Å². The first-order valence-electron chi connectivity index (χ1n) is 5.56. The van der Waals surface area contributed by atoms with Crippen LogP contribution in [-0.2, 0) is 0 Å². The molecule has 1 nitrogen and oxygen atoms in total. The summed E-state index contributed by atoms with van der Waals surface area (Å²) in [5.41, 5.74) is 0.397. The zero-order valence-electron chi connectivity index (χ0n) is 10.3. The summed E-state index contributed by atoms with van der Waals surface area (Å²) in [5, 5.41) is 0.781. The van der Waals surface area contributed by atoms with Crippen LogP contribution in [0, 0.1) is 11.6 Å². The van der Waals surface area contributed by atoms with Gasteiger partial charge in [0.1, 0.15) is 17.4 Å². The highest BCUT2D eigenvalue weighted by atomic mass is 79.9. The number of hydrogen-bond donors (Lipinski definition) is 0. The second-order valence-electron chi connectivity index (χ2n) is 4.03. The van der Waals surface area contributed by atoms with Gasteiger partial charge in [-0.1, -0.05) is 45.2 Å². The van der Waals surface area contributed by atoms with E-state index in [1.54, 1.807) is 12.1 Å². The fraction of sp³-hybridized carbons (Fsp3) is 0.143. The lowest BCUT2D eigenvalue weighted by Crippen LogP contribution is -2.02. The van der Waals surface area contributed by atoms with Gasteiger partial charge in [0.25, 0.3) is 0 Å². The van der Waals surface area contributed by atoms with Crippen molar-refractivity contribution < 1.29 is 13.5 Å². The summed E-state index contributed by atoms with van der Waals surface area (Å²) in [6.07, 6.45) is 0. The number of rotatable bonds is 3. The Kier molecular flexibility index (Phi) is 4.89. The molecule has 2 aromatic carbocycles. The van der Waals surface area contributed by atoms with Crippen molar-refractivity contribution in [3.8, 4) is 5.75 Å². The van der Waals surface area contributed by atoms with E-state index in [0.717, 1.165) is 12.1 Å². The normalized spacial score (nSPS) is 12.3. The highest BCUT2D eigenvalue weighted by Gasteiger charge is 2.22. The van der Waals surface area contributed by atoms with Crippen molar-refractivity contribution in [3.05, 3.63) is 63.1 Å². The summed E-state index contributed by atoms with van der Waals surface area (Å²) < 4.78 is 32.9. The van der Waals surface area contributed by atoms with Crippen LogP contribution in [-0.4, -0.2) is 7.11 Å². The predicted octanol–water partition coefficient (Wildman–Crippen LogP) is 5.76. The van der Waals surface area contributed by atoms with Crippen molar-refractivity contribution in [2.75, 3.05) is 7.11 Å². The first kappa shape index (κ1) is 15.5. The maximum atomic E-state index is 14.0. The SMILES string of the molecule is COc1cc(F)c(C(Br)c2ccc(Cl)cc2Cl)c(F)c1. The van der Waals surface area contributed by atoms with Crippen molar-refractivity contribution in [1.82, 2.24) is 0 Å². The Bertz CT molecular complexity index is 626. The van der Waals surface area contributed by atoms with E-state index in [2.05, 4.69) is 15.9 Å². The zero-order valence-corrected chi connectivity index (χ0v) is 13.4. The molecule has 0 fully saturated rings. The molecule has 0 aliphatic carbocycles. The maximum Gasteiger partial charge on any atom is 0.134 e. The Morgan fingerprint density at radius 1 is 1.10 bits per heavy atom. The van der Waals surface area contributed by atoms with E-state index < -0.39 is 16.5 Å². The highest BCUT2D eigenvalue weighted by Crippen LogP contribution is 2.39. The van der Waals surface area contributed by atoms with E-state index in [-0.39, 0.29) is 11.3 Å². The Balaban J connectivity index is 2.50. The van der Waals surface area contributed by atoms with Gasteiger partial charge < -0.3 is 4.74 Å². The van der Waals surface area contributed by atoms with Crippen molar-refractivity contribution >= 4 is 39.1 Å². The average molecular weight is 382 g/mol. The van der Waals surface area contributed by atoms with Crippen molar-refractivity contribution in [2.45, 2.75) is 4.83 Å². The van der Waals surface area contributed by atoms with E-state index in [1.807, 2.05) is 0 Å². The van der Waals surface area contributed by atoms with Crippen LogP contribution in [0.1, 0.15) is 16.0 Å². The fourth-order valence-corrected chi connectivity index (χ4v) is 3.27. The topological polar surface area (TPSA) is 9.23 Å². The molecule has 0 saturated heterocycles. The molecule has 2 rings (SSSR count). The molecule has 0 radical (unpaired) electrons. The highest BCUT2D eigenvalue weighted by molar-refractivity contribution is 9.09. The minimum absolute atomic E-state index is 0.116. The fourth-order valence-electron chi connectivity index (χ4n) is 1.78. The van der Waals surface area contributed by atoms with E-state index in [4.69, 9.17) is 27.9 Å². The number of alkyl halides is 1. The molecule has 2 aromatic rings. The molecular formula is C14H9BrCl2F2O. The standard InChI is InChI=1S/C14H9BrCl2F2O/c1-20-8-5-11(18)13(12(19)6-8)14(15)9-3-2-7(16)4-10(9)17/h2-6,14H,1H3. The third-order valence-corrected chi connectivity index (χ3v) is 4.29. The van der Waals surface area contributed by atoms with Crippen LogP contribution in [0.25, 0.3) is 0 Å². The molecule has 106 valence electrons. The van der Waals surface area contributed by atoms with Crippen LogP contribution >= 0.6 is 39.1 Å². The van der Waals surface area contributed by atoms with Crippen LogP contribution in [0.3, 0.4) is 0 Å². The molecule has 20 heavy (non-hydrogen) atoms. The third kappa shape index (κ3) is 3.08. The summed E-state index contributed by atoms with van der Waals surface area (Å²) in [6, 6.07) is 6.99. The lowest BCUT2D eigenvalue weighted by molar-refractivity contribution is 0.405. The molecule has 0 aromatic heterocycles. The van der Waals surface area contributed by atoms with E-state index in [0.29, 0.717) is 15.6 Å². The van der Waals surface area contributed by atoms with E-state index >= 15 is 0 Å². The number of halogens is 5. The minimum Gasteiger partial charge on any atom is -0.497 e. The van der Waals surface area contributed by atoms with Gasteiger partial charge in [0.2, 0.25) is 0 Å². The largest absolute Gasteiger partial charge is 0.497 e. The molecule has 0 aliphatic rings. The van der Waals surface area contributed by atoms with E-state index in [1.165, 1.54) is 13.2 Å². The van der Waals surface area contributed by atoms with Gasteiger partial charge in [-0.25, -0.2) is 8.78 Å². The quantitative estimate of drug-likeness (QED) is 0.613. The lowest BCUT2D eigenvalue weighted by atomic mass is 10.0. The third-order valence-electron chi connectivity index (χ3n) is 2.78. The van der Waals surface area contributed by atoms with Crippen LogP contribution < -0.4 is 4.74 Å². The maximum absolute atomic E-state index is 14.0.